The molecule has 2 aromatic heterocycles. The molecule has 0 fully saturated rings. The number of aliphatic imine (C=N–C) groups is 1. The Kier molecular flexibility index (Phi) is 8.56. The van der Waals surface area contributed by atoms with E-state index in [2.05, 4.69) is 9.97 Å². The predicted molar refractivity (Wildman–Crippen MR) is 180 cm³/mol. The summed E-state index contributed by atoms with van der Waals surface area (Å²) < 4.78 is 12.4. The first-order chi connectivity index (χ1) is 22.3. The Hall–Kier alpha value is -5.83. The number of rotatable bonds is 10. The zero-order valence-corrected chi connectivity index (χ0v) is 25.8. The molecule has 0 amide bonds. The average molecular weight is 615 g/mol. The van der Waals surface area contributed by atoms with Crippen molar-refractivity contribution in [3.05, 3.63) is 151 Å². The Balaban J connectivity index is 1.36. The second-order valence-electron chi connectivity index (χ2n) is 11.0. The molecule has 46 heavy (non-hydrogen) atoms. The largest absolute Gasteiger partial charge is 0.497 e. The molecule has 0 aliphatic heterocycles. The number of methoxy groups -OCH3 is 1. The molecule has 0 atom stereocenters. The van der Waals surface area contributed by atoms with Crippen LogP contribution in [0.1, 0.15) is 33.5 Å². The van der Waals surface area contributed by atoms with Gasteiger partial charge in [-0.05, 0) is 73.9 Å². The summed E-state index contributed by atoms with van der Waals surface area (Å²) in [4.78, 5) is 36.9. The number of aromatic hydroxyl groups is 1. The van der Waals surface area contributed by atoms with Crippen molar-refractivity contribution in [2.45, 2.75) is 26.9 Å². The van der Waals surface area contributed by atoms with Gasteiger partial charge < -0.3 is 19.6 Å². The fourth-order valence-electron chi connectivity index (χ4n) is 5.53. The Labute approximate surface area is 265 Å². The van der Waals surface area contributed by atoms with Gasteiger partial charge in [0.2, 0.25) is 5.88 Å². The zero-order valence-electron chi connectivity index (χ0n) is 25.8. The Morgan fingerprint density at radius 1 is 0.870 bits per heavy atom. The molecule has 0 aliphatic rings. The van der Waals surface area contributed by atoms with Gasteiger partial charge in [0, 0.05) is 28.7 Å². The molecule has 2 heterocycles. The summed E-state index contributed by atoms with van der Waals surface area (Å²) in [7, 11) is 1.54. The summed E-state index contributed by atoms with van der Waals surface area (Å²) in [6.07, 6.45) is 0.556. The molecule has 9 nitrogen and oxygen atoms in total. The van der Waals surface area contributed by atoms with Crippen LogP contribution in [0.5, 0.6) is 17.4 Å². The molecule has 4 aromatic carbocycles. The van der Waals surface area contributed by atoms with Gasteiger partial charge in [0.25, 0.3) is 5.56 Å². The fraction of sp³-hybridized carbons (Fsp3) is 0.162. The van der Waals surface area contributed by atoms with E-state index in [0.717, 1.165) is 43.6 Å². The van der Waals surface area contributed by atoms with Gasteiger partial charge in [0.15, 0.2) is 0 Å². The second-order valence-corrected chi connectivity index (χ2v) is 11.0. The average Bonchev–Trinajstić information content (AvgIpc) is 3.38. The van der Waals surface area contributed by atoms with Crippen LogP contribution < -0.4 is 20.7 Å². The molecule has 6 aromatic rings. The van der Waals surface area contributed by atoms with E-state index in [1.165, 1.54) is 7.11 Å². The third-order valence-corrected chi connectivity index (χ3v) is 7.95. The molecule has 232 valence electrons. The highest BCUT2D eigenvalue weighted by Crippen LogP contribution is 2.28. The molecule has 0 spiro atoms. The number of aryl methyl sites for hydroxylation is 2. The molecule has 9 heteroatoms. The predicted octanol–water partition coefficient (Wildman–Crippen LogP) is 6.00. The van der Waals surface area contributed by atoms with Crippen molar-refractivity contribution in [3.8, 4) is 23.1 Å². The summed E-state index contributed by atoms with van der Waals surface area (Å²) in [5, 5.41) is 12.5. The maximum atomic E-state index is 13.3. The van der Waals surface area contributed by atoms with Crippen LogP contribution in [0, 0.1) is 13.8 Å². The second kappa shape index (κ2) is 13.0. The number of nitrogens with one attached hydrogen (secondary N) is 2. The highest BCUT2D eigenvalue weighted by atomic mass is 16.5. The Morgan fingerprint density at radius 2 is 1.59 bits per heavy atom. The standard InChI is InChI=1S/C37H34N4O5/c1-23-9-11-26(12-10-23)34(33-35(42)40-37(44)41(36(33)43)27-13-15-28(45-3)16-14-27)38-20-19-30-24(2)39-32-18-17-29(21-31(30)32)46-22-25-7-5-4-6-8-25/h4-18,21,39,43H,19-20,22H2,1-3H3,(H,40,42,44). The van der Waals surface area contributed by atoms with E-state index in [9.17, 15) is 14.7 Å². The molecular weight excluding hydrogens is 580 g/mol. The molecule has 0 saturated heterocycles. The van der Waals surface area contributed by atoms with Crippen LogP contribution in [-0.2, 0) is 13.0 Å². The first-order valence-corrected chi connectivity index (χ1v) is 14.9. The van der Waals surface area contributed by atoms with Gasteiger partial charge in [-0.25, -0.2) is 9.36 Å². The monoisotopic (exact) mass is 614 g/mol. The summed E-state index contributed by atoms with van der Waals surface area (Å²) in [6.45, 7) is 4.76. The quantitative estimate of drug-likeness (QED) is 0.164. The van der Waals surface area contributed by atoms with Gasteiger partial charge in [0.05, 0.1) is 18.5 Å². The van der Waals surface area contributed by atoms with Crippen LogP contribution in [0.25, 0.3) is 16.6 Å². The van der Waals surface area contributed by atoms with Crippen LogP contribution in [0.2, 0.25) is 0 Å². The van der Waals surface area contributed by atoms with E-state index < -0.39 is 17.1 Å². The summed E-state index contributed by atoms with van der Waals surface area (Å²) in [6, 6.07) is 30.1. The van der Waals surface area contributed by atoms with Crippen LogP contribution in [0.4, 0.5) is 0 Å². The molecule has 3 N–H and O–H groups in total. The van der Waals surface area contributed by atoms with Crippen molar-refractivity contribution in [3.63, 3.8) is 0 Å². The number of fused-ring (bicyclic) bond motifs is 1. The van der Waals surface area contributed by atoms with Crippen molar-refractivity contribution < 1.29 is 14.6 Å². The van der Waals surface area contributed by atoms with E-state index in [4.69, 9.17) is 14.5 Å². The van der Waals surface area contributed by atoms with Crippen molar-refractivity contribution in [1.82, 2.24) is 14.5 Å². The summed E-state index contributed by atoms with van der Waals surface area (Å²) in [5.74, 6) is 0.852. The van der Waals surface area contributed by atoms with Gasteiger partial charge in [-0.1, -0.05) is 60.2 Å². The minimum atomic E-state index is -0.764. The van der Waals surface area contributed by atoms with E-state index >= 15 is 0 Å². The highest BCUT2D eigenvalue weighted by molar-refractivity contribution is 6.14. The Bertz CT molecular complexity index is 2140. The molecule has 0 radical (unpaired) electrons. The van der Waals surface area contributed by atoms with Crippen molar-refractivity contribution in [1.29, 1.82) is 0 Å². The first-order valence-electron chi connectivity index (χ1n) is 14.9. The van der Waals surface area contributed by atoms with Crippen LogP contribution in [0.15, 0.2) is 112 Å². The molecule has 0 aliphatic carbocycles. The van der Waals surface area contributed by atoms with Crippen LogP contribution in [-0.4, -0.2) is 39.0 Å². The molecular formula is C37H34N4O5. The molecule has 0 bridgehead atoms. The fourth-order valence-corrected chi connectivity index (χ4v) is 5.53. The number of hydrogen-bond acceptors (Lipinski definition) is 6. The zero-order chi connectivity index (χ0) is 32.2. The minimum absolute atomic E-state index is 0.0912. The maximum absolute atomic E-state index is 13.3. The number of H-pyrrole nitrogens is 2. The lowest BCUT2D eigenvalue weighted by atomic mass is 10.0. The smallest absolute Gasteiger partial charge is 0.335 e. The number of nitrogens with zero attached hydrogens (tertiary/aromatic N) is 2. The number of benzene rings is 4. The lowest BCUT2D eigenvalue weighted by Gasteiger charge is -2.14. The lowest BCUT2D eigenvalue weighted by Crippen LogP contribution is -2.33. The van der Waals surface area contributed by atoms with Crippen molar-refractivity contribution in [2.24, 2.45) is 4.99 Å². The van der Waals surface area contributed by atoms with Gasteiger partial charge in [0.1, 0.15) is 23.7 Å². The van der Waals surface area contributed by atoms with Crippen LogP contribution in [0.3, 0.4) is 0 Å². The molecule has 0 saturated carbocycles. The Morgan fingerprint density at radius 3 is 2.30 bits per heavy atom. The van der Waals surface area contributed by atoms with Gasteiger partial charge in [-0.15, -0.1) is 0 Å². The van der Waals surface area contributed by atoms with Crippen LogP contribution >= 0.6 is 0 Å². The van der Waals surface area contributed by atoms with Gasteiger partial charge in [-0.2, -0.15) is 0 Å². The normalized spacial score (nSPS) is 11.6. The summed E-state index contributed by atoms with van der Waals surface area (Å²) >= 11 is 0. The third-order valence-electron chi connectivity index (χ3n) is 7.95. The number of aromatic amines is 2. The van der Waals surface area contributed by atoms with E-state index in [0.29, 0.717) is 36.6 Å². The van der Waals surface area contributed by atoms with E-state index in [1.807, 2.05) is 86.6 Å². The van der Waals surface area contributed by atoms with Gasteiger partial charge in [-0.3, -0.25) is 14.8 Å². The number of hydrogen-bond donors (Lipinski definition) is 3. The van der Waals surface area contributed by atoms with E-state index in [1.54, 1.807) is 24.3 Å². The number of aromatic nitrogens is 3. The van der Waals surface area contributed by atoms with E-state index in [-0.39, 0.29) is 11.3 Å². The number of ether oxygens (including phenoxy) is 2. The molecule has 6 rings (SSSR count). The maximum Gasteiger partial charge on any atom is 0.335 e. The minimum Gasteiger partial charge on any atom is -0.497 e. The lowest BCUT2D eigenvalue weighted by molar-refractivity contribution is 0.306. The third kappa shape index (κ3) is 6.21. The van der Waals surface area contributed by atoms with Crippen molar-refractivity contribution in [2.75, 3.05) is 13.7 Å². The first kappa shape index (κ1) is 30.2. The molecule has 0 unspecified atom stereocenters. The topological polar surface area (TPSA) is 122 Å². The summed E-state index contributed by atoms with van der Waals surface area (Å²) in [5.41, 5.74) is 4.90. The van der Waals surface area contributed by atoms with Gasteiger partial charge >= 0.3 is 5.69 Å². The highest BCUT2D eigenvalue weighted by Gasteiger charge is 2.22. The van der Waals surface area contributed by atoms with Crippen molar-refractivity contribution >= 4 is 16.6 Å². The SMILES string of the molecule is COc1ccc(-n2c(O)c(C(=NCCc3c(C)[nH]c4ccc(OCc5ccccc5)cc34)c3ccc(C)cc3)c(=O)[nH]c2=O)cc1.